The van der Waals surface area contributed by atoms with Crippen LogP contribution in [0.4, 0.5) is 5.82 Å². The summed E-state index contributed by atoms with van der Waals surface area (Å²) >= 11 is 0. The van der Waals surface area contributed by atoms with Crippen LogP contribution in [0.15, 0.2) is 6.07 Å². The number of nitrogens with zero attached hydrogens (tertiary/aromatic N) is 3. The summed E-state index contributed by atoms with van der Waals surface area (Å²) in [5.74, 6) is 2.79. The average molecular weight is 367 g/mol. The molecule has 1 amide bonds. The van der Waals surface area contributed by atoms with Crippen LogP contribution in [0.5, 0.6) is 0 Å². The van der Waals surface area contributed by atoms with Crippen molar-refractivity contribution in [2.75, 3.05) is 11.4 Å². The molecule has 4 bridgehead atoms. The Morgan fingerprint density at radius 3 is 2.81 bits per heavy atom. The molecule has 7 nitrogen and oxygen atoms in total. The quantitative estimate of drug-likeness (QED) is 0.735. The molecule has 1 aromatic rings. The van der Waals surface area contributed by atoms with Crippen molar-refractivity contribution >= 4 is 23.5 Å². The molecule has 6 aliphatic carbocycles. The molecule has 0 N–H and O–H groups in total. The molecule has 7 fully saturated rings. The molecule has 9 unspecified atom stereocenters. The number of rotatable bonds is 3. The molecule has 2 heterocycles. The predicted octanol–water partition coefficient (Wildman–Crippen LogP) is 0.704. The van der Waals surface area contributed by atoms with E-state index in [-0.39, 0.29) is 29.6 Å². The van der Waals surface area contributed by atoms with Crippen LogP contribution in [0.25, 0.3) is 0 Å². The van der Waals surface area contributed by atoms with Gasteiger partial charge in [0.1, 0.15) is 11.6 Å². The lowest BCUT2D eigenvalue weighted by molar-refractivity contribution is -0.266. The average Bonchev–Trinajstić information content (AvgIpc) is 3.32. The minimum Gasteiger partial charge on any atom is -0.452 e. The second kappa shape index (κ2) is 4.13. The van der Waals surface area contributed by atoms with E-state index in [4.69, 9.17) is 4.74 Å². The van der Waals surface area contributed by atoms with Crippen LogP contribution in [-0.4, -0.2) is 40.1 Å². The first-order chi connectivity index (χ1) is 13.0. The van der Waals surface area contributed by atoms with E-state index in [9.17, 15) is 14.4 Å². The highest BCUT2D eigenvalue weighted by Crippen LogP contribution is 2.92. The summed E-state index contributed by atoms with van der Waals surface area (Å²) in [6.45, 7) is 2.41. The monoisotopic (exact) mass is 367 g/mol. The van der Waals surface area contributed by atoms with Gasteiger partial charge in [0.2, 0.25) is 0 Å². The number of hydrogen-bond acceptors (Lipinski definition) is 5. The van der Waals surface area contributed by atoms with Crippen molar-refractivity contribution in [1.29, 1.82) is 0 Å². The van der Waals surface area contributed by atoms with Gasteiger partial charge < -0.3 is 4.74 Å². The van der Waals surface area contributed by atoms with Crippen LogP contribution in [-0.2, 0) is 26.2 Å². The maximum Gasteiger partial charge on any atom is 0.314 e. The van der Waals surface area contributed by atoms with Crippen molar-refractivity contribution in [1.82, 2.24) is 9.78 Å². The second-order valence-corrected chi connectivity index (χ2v) is 9.47. The number of anilines is 1. The first-order valence-corrected chi connectivity index (χ1v) is 10.0. The standard InChI is InChI=1S/C20H21N3O4/c1-7-5-11(22(2)21-7)23-4-3-10(18(23)25)27-19(26)20-14-9-6-8-12(14)16(20)17(24)13(8)15(9)20/h5,8-10,12-16H,3-4,6H2,1-2H3. The Labute approximate surface area is 156 Å². The molecule has 0 spiro atoms. The summed E-state index contributed by atoms with van der Waals surface area (Å²) in [5.41, 5.74) is 0.292. The van der Waals surface area contributed by atoms with Gasteiger partial charge >= 0.3 is 5.97 Å². The fourth-order valence-electron chi connectivity index (χ4n) is 8.45. The minimum atomic E-state index is -0.732. The Hall–Kier alpha value is -2.18. The molecule has 1 aromatic heterocycles. The number of aromatic nitrogens is 2. The fourth-order valence-corrected chi connectivity index (χ4v) is 8.45. The normalized spacial score (nSPS) is 49.8. The van der Waals surface area contributed by atoms with E-state index in [1.807, 2.05) is 20.0 Å². The number of hydrogen-bond donors (Lipinski definition) is 0. The zero-order valence-electron chi connectivity index (χ0n) is 15.3. The highest BCUT2D eigenvalue weighted by atomic mass is 16.6. The lowest BCUT2D eigenvalue weighted by Gasteiger charge is -2.69. The summed E-state index contributed by atoms with van der Waals surface area (Å²) in [5, 5.41) is 4.30. The molecule has 0 radical (unpaired) electrons. The maximum atomic E-state index is 13.2. The highest BCUT2D eigenvalue weighted by Gasteiger charge is 2.96. The molecule has 140 valence electrons. The molecule has 6 saturated carbocycles. The van der Waals surface area contributed by atoms with Gasteiger partial charge in [0.25, 0.3) is 5.91 Å². The number of esters is 1. The molecule has 8 rings (SSSR count). The van der Waals surface area contributed by atoms with Crippen molar-refractivity contribution in [3.05, 3.63) is 11.8 Å². The van der Waals surface area contributed by atoms with Gasteiger partial charge in [-0.25, -0.2) is 0 Å². The Morgan fingerprint density at radius 1 is 1.30 bits per heavy atom. The number of amides is 1. The van der Waals surface area contributed by atoms with Crippen LogP contribution in [0, 0.1) is 53.8 Å². The molecular formula is C20H21N3O4. The highest BCUT2D eigenvalue weighted by molar-refractivity contribution is 6.04. The number of Topliss-reactive ketones (excluding diaryl/α,β-unsaturated/α-hetero) is 1. The van der Waals surface area contributed by atoms with Gasteiger partial charge in [-0.2, -0.15) is 5.10 Å². The molecule has 27 heavy (non-hydrogen) atoms. The van der Waals surface area contributed by atoms with Crippen molar-refractivity contribution < 1.29 is 19.1 Å². The number of carbonyl (C=O) groups excluding carboxylic acids is 3. The van der Waals surface area contributed by atoms with Gasteiger partial charge in [-0.1, -0.05) is 0 Å². The van der Waals surface area contributed by atoms with Gasteiger partial charge in [0, 0.05) is 37.9 Å². The third kappa shape index (κ3) is 1.26. The topological polar surface area (TPSA) is 81.5 Å². The summed E-state index contributed by atoms with van der Waals surface area (Å²) < 4.78 is 7.49. The largest absolute Gasteiger partial charge is 0.452 e. The molecule has 9 atom stereocenters. The molecule has 7 aliphatic rings. The van der Waals surface area contributed by atoms with Crippen molar-refractivity contribution in [2.24, 2.45) is 53.9 Å². The third-order valence-electron chi connectivity index (χ3n) is 8.87. The van der Waals surface area contributed by atoms with E-state index >= 15 is 0 Å². The van der Waals surface area contributed by atoms with Crippen molar-refractivity contribution in [2.45, 2.75) is 25.9 Å². The van der Waals surface area contributed by atoms with Gasteiger partial charge in [-0.05, 0) is 42.9 Å². The van der Waals surface area contributed by atoms with Crippen LogP contribution in [0.3, 0.4) is 0 Å². The summed E-state index contributed by atoms with van der Waals surface area (Å²) in [4.78, 5) is 40.4. The van der Waals surface area contributed by atoms with Crippen LogP contribution in [0.1, 0.15) is 18.5 Å². The molecular weight excluding hydrogens is 346 g/mol. The maximum absolute atomic E-state index is 13.2. The van der Waals surface area contributed by atoms with Crippen LogP contribution < -0.4 is 4.90 Å². The summed E-state index contributed by atoms with van der Waals surface area (Å²) in [7, 11) is 1.81. The van der Waals surface area contributed by atoms with Crippen LogP contribution >= 0.6 is 0 Å². The van der Waals surface area contributed by atoms with Crippen molar-refractivity contribution in [3.63, 3.8) is 0 Å². The van der Waals surface area contributed by atoms with Crippen LogP contribution in [0.2, 0.25) is 0 Å². The lowest BCUT2D eigenvalue weighted by atomic mass is 9.32. The van der Waals surface area contributed by atoms with E-state index in [0.717, 1.165) is 17.9 Å². The Morgan fingerprint density at radius 2 is 2.11 bits per heavy atom. The van der Waals surface area contributed by atoms with Gasteiger partial charge in [-0.15, -0.1) is 0 Å². The zero-order chi connectivity index (χ0) is 18.4. The predicted molar refractivity (Wildman–Crippen MR) is 91.3 cm³/mol. The molecule has 0 aromatic carbocycles. The third-order valence-corrected chi connectivity index (χ3v) is 8.87. The van der Waals surface area contributed by atoms with Gasteiger partial charge in [0.15, 0.2) is 6.10 Å². The number of aryl methyl sites for hydroxylation is 2. The number of carbonyl (C=O) groups is 3. The Kier molecular flexibility index (Phi) is 2.27. The smallest absolute Gasteiger partial charge is 0.314 e. The van der Waals surface area contributed by atoms with E-state index < -0.39 is 11.5 Å². The van der Waals surface area contributed by atoms with E-state index in [0.29, 0.717) is 42.4 Å². The molecule has 7 heteroatoms. The SMILES string of the molecule is Cc1cc(N2CCC(OC(=O)C34C5C(=O)C6C7CC(C63)C4C75)C2=O)n(C)n1. The first kappa shape index (κ1) is 14.8. The summed E-state index contributed by atoms with van der Waals surface area (Å²) in [6, 6.07) is 1.87. The van der Waals surface area contributed by atoms with E-state index in [2.05, 4.69) is 5.10 Å². The molecule has 1 aliphatic heterocycles. The Bertz CT molecular complexity index is 968. The number of ketones is 1. The first-order valence-electron chi connectivity index (χ1n) is 10.0. The fraction of sp³-hybridized carbons (Fsp3) is 0.700. The minimum absolute atomic E-state index is 0.0962. The zero-order valence-corrected chi connectivity index (χ0v) is 15.3. The van der Waals surface area contributed by atoms with E-state index in [1.54, 1.807) is 9.58 Å². The van der Waals surface area contributed by atoms with E-state index in [1.165, 1.54) is 0 Å². The lowest BCUT2D eigenvalue weighted by Crippen LogP contribution is -2.74. The Balaban J connectivity index is 1.14. The van der Waals surface area contributed by atoms with Crippen molar-refractivity contribution in [3.8, 4) is 0 Å². The number of ether oxygens (including phenoxy) is 1. The molecule has 1 saturated heterocycles. The second-order valence-electron chi connectivity index (χ2n) is 9.47. The summed E-state index contributed by atoms with van der Waals surface area (Å²) in [6.07, 6.45) is 0.903. The van der Waals surface area contributed by atoms with Gasteiger partial charge in [0.05, 0.1) is 11.1 Å². The van der Waals surface area contributed by atoms with Gasteiger partial charge in [-0.3, -0.25) is 24.0 Å².